The van der Waals surface area contributed by atoms with E-state index in [2.05, 4.69) is 30.4 Å². The molecule has 0 unspecified atom stereocenters. The van der Waals surface area contributed by atoms with Crippen molar-refractivity contribution in [3.05, 3.63) is 48.5 Å². The van der Waals surface area contributed by atoms with E-state index in [1.54, 1.807) is 35.4 Å². The van der Waals surface area contributed by atoms with Crippen LogP contribution in [0.3, 0.4) is 0 Å². The third-order valence-electron chi connectivity index (χ3n) is 5.47. The highest BCUT2D eigenvalue weighted by Crippen LogP contribution is 2.25. The summed E-state index contributed by atoms with van der Waals surface area (Å²) in [5.74, 6) is 0.124. The van der Waals surface area contributed by atoms with Crippen molar-refractivity contribution in [3.63, 3.8) is 0 Å². The van der Waals surface area contributed by atoms with Crippen LogP contribution in [0.15, 0.2) is 43.0 Å². The summed E-state index contributed by atoms with van der Waals surface area (Å²) < 4.78 is 25.0. The van der Waals surface area contributed by atoms with Gasteiger partial charge >= 0.3 is 6.01 Å². The maximum atomic E-state index is 12.7. The molecule has 1 atom stereocenters. The van der Waals surface area contributed by atoms with E-state index in [0.717, 1.165) is 36.0 Å². The first-order chi connectivity index (χ1) is 16.7. The number of aromatic nitrogens is 6. The van der Waals surface area contributed by atoms with Gasteiger partial charge in [-0.3, -0.25) is 13.9 Å². The number of amides is 1. The molecule has 0 aliphatic carbocycles. The standard InChI is InChI=1S/C23H24FN7O3/c24-5-2-8-34-23-25-6-4-18(29-23)20-9-15-11-26-21(10-19(15)28-20)30-22(32)16-12-27-31(13-16)14-17-3-1-7-33-17/h4,6,9-13,17,28H,1-3,5,7-8,14H2,(H,26,30,32)/t17-/m1/s1. The van der Waals surface area contributed by atoms with E-state index < -0.39 is 6.67 Å². The van der Waals surface area contributed by atoms with Crippen molar-refractivity contribution in [1.29, 1.82) is 0 Å². The van der Waals surface area contributed by atoms with Crippen molar-refractivity contribution in [2.75, 3.05) is 25.2 Å². The van der Waals surface area contributed by atoms with Crippen LogP contribution in [0, 0.1) is 0 Å². The zero-order valence-electron chi connectivity index (χ0n) is 18.4. The van der Waals surface area contributed by atoms with Crippen LogP contribution in [-0.2, 0) is 11.3 Å². The second-order valence-corrected chi connectivity index (χ2v) is 8.00. The second-order valence-electron chi connectivity index (χ2n) is 8.00. The van der Waals surface area contributed by atoms with Crippen LogP contribution in [0.5, 0.6) is 6.01 Å². The van der Waals surface area contributed by atoms with Gasteiger partial charge in [-0.15, -0.1) is 0 Å². The van der Waals surface area contributed by atoms with Crippen LogP contribution in [0.4, 0.5) is 10.2 Å². The predicted octanol–water partition coefficient (Wildman–Crippen LogP) is 3.39. The highest BCUT2D eigenvalue weighted by molar-refractivity contribution is 6.04. The molecule has 4 aromatic heterocycles. The van der Waals surface area contributed by atoms with Crippen molar-refractivity contribution in [2.45, 2.75) is 31.9 Å². The molecule has 1 aliphatic heterocycles. The molecule has 1 saturated heterocycles. The molecule has 0 bridgehead atoms. The minimum absolute atomic E-state index is 0.148. The van der Waals surface area contributed by atoms with Crippen LogP contribution in [0.2, 0.25) is 0 Å². The summed E-state index contributed by atoms with van der Waals surface area (Å²) in [6, 6.07) is 5.59. The van der Waals surface area contributed by atoms with Gasteiger partial charge in [0.2, 0.25) is 0 Å². The normalized spacial score (nSPS) is 15.6. The summed E-state index contributed by atoms with van der Waals surface area (Å²) in [4.78, 5) is 28.7. The van der Waals surface area contributed by atoms with E-state index in [1.807, 2.05) is 6.07 Å². The lowest BCUT2D eigenvalue weighted by atomic mass is 10.2. The molecular formula is C23H24FN7O3. The number of hydrogen-bond acceptors (Lipinski definition) is 7. The Kier molecular flexibility index (Phi) is 6.43. The first-order valence-electron chi connectivity index (χ1n) is 11.1. The highest BCUT2D eigenvalue weighted by Gasteiger charge is 2.18. The third-order valence-corrected chi connectivity index (χ3v) is 5.47. The van der Waals surface area contributed by atoms with Crippen LogP contribution in [0.1, 0.15) is 29.6 Å². The van der Waals surface area contributed by atoms with Crippen molar-refractivity contribution < 1.29 is 18.7 Å². The van der Waals surface area contributed by atoms with Gasteiger partial charge in [0, 0.05) is 43.1 Å². The number of rotatable bonds is 9. The monoisotopic (exact) mass is 465 g/mol. The molecule has 11 heteroatoms. The molecule has 176 valence electrons. The lowest BCUT2D eigenvalue weighted by Crippen LogP contribution is -2.15. The van der Waals surface area contributed by atoms with Gasteiger partial charge in [0.25, 0.3) is 5.91 Å². The number of anilines is 1. The Labute approximate surface area is 194 Å². The number of H-pyrrole nitrogens is 1. The quantitative estimate of drug-likeness (QED) is 0.364. The largest absolute Gasteiger partial charge is 0.463 e. The molecule has 34 heavy (non-hydrogen) atoms. The van der Waals surface area contributed by atoms with Crippen LogP contribution in [0.25, 0.3) is 22.3 Å². The van der Waals surface area contributed by atoms with E-state index in [0.29, 0.717) is 23.6 Å². The summed E-state index contributed by atoms with van der Waals surface area (Å²) in [6.45, 7) is 1.17. The highest BCUT2D eigenvalue weighted by atomic mass is 19.1. The fraction of sp³-hybridized carbons (Fsp3) is 0.348. The zero-order chi connectivity index (χ0) is 23.3. The van der Waals surface area contributed by atoms with Gasteiger partial charge < -0.3 is 19.8 Å². The number of halogens is 1. The summed E-state index contributed by atoms with van der Waals surface area (Å²) in [5.41, 5.74) is 2.61. The summed E-state index contributed by atoms with van der Waals surface area (Å²) >= 11 is 0. The van der Waals surface area contributed by atoms with E-state index in [1.165, 1.54) is 6.20 Å². The van der Waals surface area contributed by atoms with Crippen LogP contribution >= 0.6 is 0 Å². The van der Waals surface area contributed by atoms with Crippen molar-refractivity contribution >= 4 is 22.6 Å². The average Bonchev–Trinajstić information content (AvgIpc) is 3.61. The Morgan fingerprint density at radius 3 is 3.12 bits per heavy atom. The first-order valence-corrected chi connectivity index (χ1v) is 11.1. The number of ether oxygens (including phenoxy) is 2. The molecule has 1 fully saturated rings. The van der Waals surface area contributed by atoms with Crippen molar-refractivity contribution in [1.82, 2.24) is 29.7 Å². The fourth-order valence-corrected chi connectivity index (χ4v) is 3.78. The molecule has 0 aromatic carbocycles. The number of nitrogens with one attached hydrogen (secondary N) is 2. The molecule has 1 aliphatic rings. The van der Waals surface area contributed by atoms with Gasteiger partial charge in [-0.05, 0) is 25.0 Å². The molecule has 10 nitrogen and oxygen atoms in total. The molecule has 4 aromatic rings. The van der Waals surface area contributed by atoms with Gasteiger partial charge in [0.15, 0.2) is 0 Å². The molecule has 5 rings (SSSR count). The predicted molar refractivity (Wildman–Crippen MR) is 122 cm³/mol. The van der Waals surface area contributed by atoms with Gasteiger partial charge in [0.1, 0.15) is 5.82 Å². The van der Waals surface area contributed by atoms with Crippen LogP contribution in [-0.4, -0.2) is 61.6 Å². The maximum absolute atomic E-state index is 12.7. The lowest BCUT2D eigenvalue weighted by molar-refractivity contribution is 0.0937. The van der Waals surface area contributed by atoms with E-state index >= 15 is 0 Å². The molecule has 5 heterocycles. The zero-order valence-corrected chi connectivity index (χ0v) is 18.4. The number of nitrogens with zero attached hydrogens (tertiary/aromatic N) is 5. The summed E-state index contributed by atoms with van der Waals surface area (Å²) in [6.07, 6.45) is 9.01. The maximum Gasteiger partial charge on any atom is 0.316 e. The molecule has 1 amide bonds. The number of carbonyl (C=O) groups excluding carboxylic acids is 1. The number of alkyl halides is 1. The second kappa shape index (κ2) is 9.96. The fourth-order valence-electron chi connectivity index (χ4n) is 3.78. The number of aromatic amines is 1. The summed E-state index contributed by atoms with van der Waals surface area (Å²) in [7, 11) is 0. The SMILES string of the molecule is O=C(Nc1cc2[nH]c(-c3ccnc(OCCCF)n3)cc2cn1)c1cnn(C[C@H]2CCCO2)c1. The number of carbonyl (C=O) groups is 1. The molecule has 0 spiro atoms. The van der Waals surface area contributed by atoms with Crippen LogP contribution < -0.4 is 10.1 Å². The van der Waals surface area contributed by atoms with E-state index in [4.69, 9.17) is 9.47 Å². The Morgan fingerprint density at radius 2 is 2.26 bits per heavy atom. The smallest absolute Gasteiger partial charge is 0.316 e. The topological polar surface area (TPSA) is 120 Å². The Morgan fingerprint density at radius 1 is 1.32 bits per heavy atom. The molecule has 2 N–H and O–H groups in total. The first kappa shape index (κ1) is 22.0. The van der Waals surface area contributed by atoms with Gasteiger partial charge in [-0.2, -0.15) is 10.1 Å². The minimum atomic E-state index is -0.453. The Hall–Kier alpha value is -3.86. The van der Waals surface area contributed by atoms with Crippen molar-refractivity contribution in [2.24, 2.45) is 0 Å². The third kappa shape index (κ3) is 5.04. The average molecular weight is 465 g/mol. The van der Waals surface area contributed by atoms with Crippen molar-refractivity contribution in [3.8, 4) is 17.4 Å². The van der Waals surface area contributed by atoms with Gasteiger partial charge in [0.05, 0.1) is 54.6 Å². The van der Waals surface area contributed by atoms with E-state index in [-0.39, 0.29) is 31.0 Å². The number of hydrogen-bond donors (Lipinski definition) is 2. The molecule has 0 radical (unpaired) electrons. The Balaban J connectivity index is 1.27. The number of fused-ring (bicyclic) bond motifs is 1. The Bertz CT molecular complexity index is 1280. The number of pyridine rings is 1. The molecular weight excluding hydrogens is 441 g/mol. The molecule has 0 saturated carbocycles. The van der Waals surface area contributed by atoms with Gasteiger partial charge in [-0.1, -0.05) is 0 Å². The summed E-state index contributed by atoms with van der Waals surface area (Å²) in [5, 5.41) is 7.94. The van der Waals surface area contributed by atoms with Gasteiger partial charge in [-0.25, -0.2) is 9.97 Å². The lowest BCUT2D eigenvalue weighted by Gasteiger charge is -2.08. The van der Waals surface area contributed by atoms with E-state index in [9.17, 15) is 9.18 Å². The minimum Gasteiger partial charge on any atom is -0.463 e.